The first-order chi connectivity index (χ1) is 12.2. The summed E-state index contributed by atoms with van der Waals surface area (Å²) in [5, 5.41) is 12.9. The lowest BCUT2D eigenvalue weighted by molar-refractivity contribution is 0.200. The van der Waals surface area contributed by atoms with E-state index in [9.17, 15) is 0 Å². The van der Waals surface area contributed by atoms with Gasteiger partial charge in [-0.05, 0) is 50.9 Å². The number of likely N-dealkylation sites (tertiary alicyclic amines) is 1. The van der Waals surface area contributed by atoms with Crippen LogP contribution in [0.4, 0.5) is 0 Å². The summed E-state index contributed by atoms with van der Waals surface area (Å²) in [5.74, 6) is 1.27. The van der Waals surface area contributed by atoms with Crippen molar-refractivity contribution >= 4 is 0 Å². The van der Waals surface area contributed by atoms with E-state index < -0.39 is 0 Å². The highest BCUT2D eigenvalue weighted by Crippen LogP contribution is 2.23. The van der Waals surface area contributed by atoms with E-state index in [2.05, 4.69) is 52.4 Å². The second-order valence-electron chi connectivity index (χ2n) is 6.87. The number of aromatic nitrogens is 4. The summed E-state index contributed by atoms with van der Waals surface area (Å²) in [6.45, 7) is 6.81. The van der Waals surface area contributed by atoms with Crippen LogP contribution in [0.25, 0.3) is 11.5 Å². The van der Waals surface area contributed by atoms with Gasteiger partial charge in [-0.2, -0.15) is 5.10 Å². The molecule has 1 aliphatic heterocycles. The lowest BCUT2D eigenvalue weighted by Gasteiger charge is -2.22. The van der Waals surface area contributed by atoms with Crippen LogP contribution in [0.1, 0.15) is 29.9 Å². The van der Waals surface area contributed by atoms with E-state index >= 15 is 0 Å². The molecule has 25 heavy (non-hydrogen) atoms. The van der Waals surface area contributed by atoms with Crippen LogP contribution in [0.5, 0.6) is 0 Å². The molecule has 2 aromatic heterocycles. The SMILES string of the molecule is Cc1ccc(-c2nnc(CN3CCCC3Cn3cc(C)cn3)o2)cc1. The van der Waals surface area contributed by atoms with E-state index in [1.165, 1.54) is 24.0 Å². The molecule has 6 nitrogen and oxygen atoms in total. The van der Waals surface area contributed by atoms with Crippen molar-refractivity contribution in [3.63, 3.8) is 0 Å². The van der Waals surface area contributed by atoms with Gasteiger partial charge in [0.25, 0.3) is 0 Å². The molecular weight excluding hydrogens is 314 g/mol. The van der Waals surface area contributed by atoms with Gasteiger partial charge in [0.15, 0.2) is 0 Å². The molecule has 0 aliphatic carbocycles. The van der Waals surface area contributed by atoms with Crippen LogP contribution in [-0.4, -0.2) is 37.5 Å². The van der Waals surface area contributed by atoms with Gasteiger partial charge in [-0.15, -0.1) is 10.2 Å². The summed E-state index contributed by atoms with van der Waals surface area (Å²) < 4.78 is 7.92. The molecule has 130 valence electrons. The topological polar surface area (TPSA) is 60.0 Å². The predicted molar refractivity (Wildman–Crippen MR) is 94.9 cm³/mol. The third-order valence-corrected chi connectivity index (χ3v) is 4.76. The molecule has 1 saturated heterocycles. The van der Waals surface area contributed by atoms with Gasteiger partial charge in [0.1, 0.15) is 0 Å². The molecule has 1 unspecified atom stereocenters. The van der Waals surface area contributed by atoms with Gasteiger partial charge in [-0.25, -0.2) is 0 Å². The maximum atomic E-state index is 5.89. The zero-order valence-electron chi connectivity index (χ0n) is 14.7. The zero-order chi connectivity index (χ0) is 17.2. The minimum absolute atomic E-state index is 0.467. The normalized spacial score (nSPS) is 18.1. The number of rotatable bonds is 5. The molecule has 1 aliphatic rings. The Hall–Kier alpha value is -2.47. The molecule has 1 atom stereocenters. The van der Waals surface area contributed by atoms with Crippen molar-refractivity contribution in [2.45, 2.75) is 45.8 Å². The summed E-state index contributed by atoms with van der Waals surface area (Å²) >= 11 is 0. The maximum absolute atomic E-state index is 5.89. The minimum Gasteiger partial charge on any atom is -0.419 e. The Balaban J connectivity index is 1.43. The minimum atomic E-state index is 0.467. The predicted octanol–water partition coefficient (Wildman–Crippen LogP) is 3.21. The Morgan fingerprint density at radius 2 is 1.96 bits per heavy atom. The van der Waals surface area contributed by atoms with Crippen LogP contribution in [0, 0.1) is 13.8 Å². The summed E-state index contributed by atoms with van der Waals surface area (Å²) in [6, 6.07) is 8.62. The Labute approximate surface area is 147 Å². The first kappa shape index (κ1) is 16.0. The molecule has 3 heterocycles. The van der Waals surface area contributed by atoms with Crippen molar-refractivity contribution in [3.8, 4) is 11.5 Å². The molecule has 6 heteroatoms. The summed E-state index contributed by atoms with van der Waals surface area (Å²) in [6.07, 6.45) is 6.38. The monoisotopic (exact) mass is 337 g/mol. The van der Waals surface area contributed by atoms with Crippen LogP contribution < -0.4 is 0 Å². The highest BCUT2D eigenvalue weighted by molar-refractivity contribution is 5.52. The first-order valence-electron chi connectivity index (χ1n) is 8.80. The molecule has 4 rings (SSSR count). The average Bonchev–Trinajstić information content (AvgIpc) is 3.32. The van der Waals surface area contributed by atoms with E-state index in [0.29, 0.717) is 24.4 Å². The Kier molecular flexibility index (Phi) is 4.36. The van der Waals surface area contributed by atoms with E-state index in [0.717, 1.165) is 18.7 Å². The van der Waals surface area contributed by atoms with Crippen molar-refractivity contribution in [2.24, 2.45) is 0 Å². The highest BCUT2D eigenvalue weighted by atomic mass is 16.4. The number of aryl methyl sites for hydroxylation is 2. The van der Waals surface area contributed by atoms with Crippen LogP contribution >= 0.6 is 0 Å². The lowest BCUT2D eigenvalue weighted by atomic mass is 10.1. The van der Waals surface area contributed by atoms with Gasteiger partial charge < -0.3 is 4.42 Å². The fourth-order valence-electron chi connectivity index (χ4n) is 3.40. The molecule has 0 saturated carbocycles. The van der Waals surface area contributed by atoms with Gasteiger partial charge in [-0.3, -0.25) is 9.58 Å². The van der Waals surface area contributed by atoms with Crippen LogP contribution in [0.2, 0.25) is 0 Å². The van der Waals surface area contributed by atoms with Gasteiger partial charge >= 0.3 is 0 Å². The van der Waals surface area contributed by atoms with E-state index in [4.69, 9.17) is 4.42 Å². The third-order valence-electron chi connectivity index (χ3n) is 4.76. The van der Waals surface area contributed by atoms with Crippen molar-refractivity contribution in [1.82, 2.24) is 24.9 Å². The molecule has 0 radical (unpaired) electrons. The molecule has 0 amide bonds. The molecular formula is C19H23N5O. The van der Waals surface area contributed by atoms with Crippen LogP contribution in [0.3, 0.4) is 0 Å². The number of nitrogens with zero attached hydrogens (tertiary/aromatic N) is 5. The fourth-order valence-corrected chi connectivity index (χ4v) is 3.40. The molecule has 1 aromatic carbocycles. The quantitative estimate of drug-likeness (QED) is 0.715. The van der Waals surface area contributed by atoms with Crippen molar-refractivity contribution in [2.75, 3.05) is 6.54 Å². The van der Waals surface area contributed by atoms with Crippen LogP contribution in [-0.2, 0) is 13.1 Å². The van der Waals surface area contributed by atoms with Gasteiger partial charge in [0.05, 0.1) is 19.3 Å². The molecule has 0 N–H and O–H groups in total. The third kappa shape index (κ3) is 3.64. The largest absolute Gasteiger partial charge is 0.419 e. The number of benzene rings is 1. The Bertz CT molecular complexity index is 836. The Morgan fingerprint density at radius 3 is 2.72 bits per heavy atom. The summed E-state index contributed by atoms with van der Waals surface area (Å²) in [7, 11) is 0. The van der Waals surface area contributed by atoms with Crippen LogP contribution in [0.15, 0.2) is 41.1 Å². The molecule has 0 spiro atoms. The number of hydrogen-bond acceptors (Lipinski definition) is 5. The zero-order valence-corrected chi connectivity index (χ0v) is 14.7. The first-order valence-corrected chi connectivity index (χ1v) is 8.80. The standard InChI is InChI=1S/C19H23N5O/c1-14-5-7-16(8-6-14)19-22-21-18(25-19)13-23-9-3-4-17(23)12-24-11-15(2)10-20-24/h5-8,10-11,17H,3-4,9,12-13H2,1-2H3. The fraction of sp³-hybridized carbons (Fsp3) is 0.421. The second kappa shape index (κ2) is 6.80. The van der Waals surface area contributed by atoms with Gasteiger partial charge in [0, 0.05) is 17.8 Å². The van der Waals surface area contributed by atoms with Crippen molar-refractivity contribution in [3.05, 3.63) is 53.7 Å². The van der Waals surface area contributed by atoms with E-state index in [-0.39, 0.29) is 0 Å². The van der Waals surface area contributed by atoms with Crippen molar-refractivity contribution in [1.29, 1.82) is 0 Å². The van der Waals surface area contributed by atoms with E-state index in [1.807, 2.05) is 23.0 Å². The smallest absolute Gasteiger partial charge is 0.247 e. The van der Waals surface area contributed by atoms with Gasteiger partial charge in [-0.1, -0.05) is 17.7 Å². The lowest BCUT2D eigenvalue weighted by Crippen LogP contribution is -2.32. The second-order valence-corrected chi connectivity index (χ2v) is 6.87. The summed E-state index contributed by atoms with van der Waals surface area (Å²) in [5.41, 5.74) is 3.38. The Morgan fingerprint density at radius 1 is 1.12 bits per heavy atom. The molecule has 0 bridgehead atoms. The number of hydrogen-bond donors (Lipinski definition) is 0. The van der Waals surface area contributed by atoms with Gasteiger partial charge in [0.2, 0.25) is 11.8 Å². The highest BCUT2D eigenvalue weighted by Gasteiger charge is 2.26. The molecule has 1 fully saturated rings. The molecule has 3 aromatic rings. The van der Waals surface area contributed by atoms with Crippen molar-refractivity contribution < 1.29 is 4.42 Å². The average molecular weight is 337 g/mol. The summed E-state index contributed by atoms with van der Waals surface area (Å²) in [4.78, 5) is 2.42. The maximum Gasteiger partial charge on any atom is 0.247 e. The van der Waals surface area contributed by atoms with E-state index in [1.54, 1.807) is 0 Å².